The minimum absolute atomic E-state index is 0.217. The fourth-order valence-electron chi connectivity index (χ4n) is 2.92. The first-order chi connectivity index (χ1) is 9.07. The van der Waals surface area contributed by atoms with Gasteiger partial charge in [0.15, 0.2) is 0 Å². The normalized spacial score (nSPS) is 23.7. The van der Waals surface area contributed by atoms with Crippen molar-refractivity contribution in [2.75, 3.05) is 13.1 Å². The van der Waals surface area contributed by atoms with Crippen molar-refractivity contribution in [1.82, 2.24) is 4.90 Å². The number of carbonyl (C=O) groups is 1. The van der Waals surface area contributed by atoms with E-state index < -0.39 is 11.4 Å². The van der Waals surface area contributed by atoms with Gasteiger partial charge in [0.05, 0.1) is 5.41 Å². The van der Waals surface area contributed by atoms with Crippen LogP contribution in [0, 0.1) is 11.2 Å². The lowest BCUT2D eigenvalue weighted by Gasteiger charge is -2.24. The Hall–Kier alpha value is -1.42. The first-order valence-corrected chi connectivity index (χ1v) is 6.76. The fraction of sp³-hybridized carbons (Fsp3) is 0.533. The number of aliphatic carboxylic acids is 1. The maximum Gasteiger partial charge on any atom is 0.310 e. The summed E-state index contributed by atoms with van der Waals surface area (Å²) in [4.78, 5) is 13.5. The number of rotatable bonds is 5. The van der Waals surface area contributed by atoms with E-state index in [0.717, 1.165) is 13.0 Å². The Bertz CT molecular complexity index is 463. The summed E-state index contributed by atoms with van der Waals surface area (Å²) in [5.41, 5.74) is 0.000180. The number of hydrogen-bond acceptors (Lipinski definition) is 2. The molecule has 0 radical (unpaired) electrons. The Morgan fingerprint density at radius 2 is 2.21 bits per heavy atom. The Balaban J connectivity index is 2.06. The third-order valence-electron chi connectivity index (χ3n) is 3.97. The van der Waals surface area contributed by atoms with Crippen LogP contribution in [-0.2, 0) is 11.3 Å². The van der Waals surface area contributed by atoms with Crippen molar-refractivity contribution in [3.8, 4) is 0 Å². The number of benzene rings is 1. The molecule has 1 atom stereocenters. The summed E-state index contributed by atoms with van der Waals surface area (Å²) in [6, 6.07) is 6.68. The van der Waals surface area contributed by atoms with Crippen LogP contribution in [0.1, 0.15) is 31.7 Å². The standard InChI is InChI=1S/C15H20FNO2/c1-2-7-15(14(18)19)8-9-17(11-15)10-12-5-3-4-6-13(12)16/h3-6H,2,7-11H2,1H3,(H,18,19). The molecule has 104 valence electrons. The Morgan fingerprint density at radius 1 is 1.47 bits per heavy atom. The summed E-state index contributed by atoms with van der Waals surface area (Å²) in [7, 11) is 0. The smallest absolute Gasteiger partial charge is 0.310 e. The van der Waals surface area contributed by atoms with Crippen LogP contribution in [0.5, 0.6) is 0 Å². The van der Waals surface area contributed by atoms with Crippen LogP contribution in [0.15, 0.2) is 24.3 Å². The average molecular weight is 265 g/mol. The second-order valence-electron chi connectivity index (χ2n) is 5.39. The molecule has 0 aromatic heterocycles. The molecule has 0 spiro atoms. The predicted molar refractivity (Wildman–Crippen MR) is 71.3 cm³/mol. The fourth-order valence-corrected chi connectivity index (χ4v) is 2.92. The van der Waals surface area contributed by atoms with Crippen molar-refractivity contribution in [2.45, 2.75) is 32.7 Å². The molecule has 1 fully saturated rings. The summed E-state index contributed by atoms with van der Waals surface area (Å²) < 4.78 is 13.6. The predicted octanol–water partition coefficient (Wildman–Crippen LogP) is 2.90. The zero-order valence-corrected chi connectivity index (χ0v) is 11.2. The third kappa shape index (κ3) is 2.95. The number of nitrogens with zero attached hydrogens (tertiary/aromatic N) is 1. The molecule has 2 rings (SSSR count). The van der Waals surface area contributed by atoms with Gasteiger partial charge in [0.1, 0.15) is 5.82 Å². The molecule has 1 aliphatic rings. The molecule has 1 saturated heterocycles. The van der Waals surface area contributed by atoms with Gasteiger partial charge in [-0.1, -0.05) is 31.5 Å². The maximum atomic E-state index is 13.6. The second kappa shape index (κ2) is 5.70. The molecular weight excluding hydrogens is 245 g/mol. The molecule has 0 aliphatic carbocycles. The van der Waals surface area contributed by atoms with Crippen LogP contribution in [0.3, 0.4) is 0 Å². The van der Waals surface area contributed by atoms with Crippen LogP contribution in [-0.4, -0.2) is 29.1 Å². The van der Waals surface area contributed by atoms with Crippen molar-refractivity contribution < 1.29 is 14.3 Å². The molecule has 3 nitrogen and oxygen atoms in total. The van der Waals surface area contributed by atoms with Gasteiger partial charge in [-0.05, 0) is 25.5 Å². The molecule has 1 aromatic carbocycles. The first-order valence-electron chi connectivity index (χ1n) is 6.76. The summed E-state index contributed by atoms with van der Waals surface area (Å²) >= 11 is 0. The van der Waals surface area contributed by atoms with Crippen LogP contribution in [0.4, 0.5) is 4.39 Å². The zero-order chi connectivity index (χ0) is 13.9. The van der Waals surface area contributed by atoms with Gasteiger partial charge < -0.3 is 5.11 Å². The van der Waals surface area contributed by atoms with Crippen molar-refractivity contribution >= 4 is 5.97 Å². The van der Waals surface area contributed by atoms with Gasteiger partial charge in [0.2, 0.25) is 0 Å². The number of likely N-dealkylation sites (tertiary alicyclic amines) is 1. The van der Waals surface area contributed by atoms with Crippen molar-refractivity contribution in [2.24, 2.45) is 5.41 Å². The summed E-state index contributed by atoms with van der Waals surface area (Å²) in [5, 5.41) is 9.43. The SMILES string of the molecule is CCCC1(C(=O)O)CCN(Cc2ccccc2F)C1. The molecule has 19 heavy (non-hydrogen) atoms. The molecule has 0 saturated carbocycles. The highest BCUT2D eigenvalue weighted by atomic mass is 19.1. The van der Waals surface area contributed by atoms with Crippen LogP contribution in [0.25, 0.3) is 0 Å². The van der Waals surface area contributed by atoms with E-state index >= 15 is 0 Å². The van der Waals surface area contributed by atoms with Crippen LogP contribution in [0.2, 0.25) is 0 Å². The topological polar surface area (TPSA) is 40.5 Å². The number of hydrogen-bond donors (Lipinski definition) is 1. The number of carboxylic acid groups (broad SMARTS) is 1. The van der Waals surface area contributed by atoms with E-state index in [1.54, 1.807) is 12.1 Å². The van der Waals surface area contributed by atoms with E-state index in [9.17, 15) is 14.3 Å². The monoisotopic (exact) mass is 265 g/mol. The van der Waals surface area contributed by atoms with E-state index in [4.69, 9.17) is 0 Å². The van der Waals surface area contributed by atoms with Crippen LogP contribution < -0.4 is 0 Å². The number of carboxylic acids is 1. The van der Waals surface area contributed by atoms with Gasteiger partial charge in [-0.25, -0.2) is 4.39 Å². The first kappa shape index (κ1) is 14.0. The molecule has 1 heterocycles. The maximum absolute atomic E-state index is 13.6. The zero-order valence-electron chi connectivity index (χ0n) is 11.2. The van der Waals surface area contributed by atoms with E-state index in [1.165, 1.54) is 6.07 Å². The third-order valence-corrected chi connectivity index (χ3v) is 3.97. The highest BCUT2D eigenvalue weighted by molar-refractivity contribution is 5.75. The highest BCUT2D eigenvalue weighted by Gasteiger charge is 2.43. The summed E-state index contributed by atoms with van der Waals surface area (Å²) in [5.74, 6) is -0.934. The lowest BCUT2D eigenvalue weighted by atomic mass is 9.83. The Kier molecular flexibility index (Phi) is 4.20. The average Bonchev–Trinajstić information content (AvgIpc) is 2.77. The quantitative estimate of drug-likeness (QED) is 0.890. The van der Waals surface area contributed by atoms with E-state index in [0.29, 0.717) is 31.5 Å². The van der Waals surface area contributed by atoms with Gasteiger partial charge in [0.25, 0.3) is 0 Å². The van der Waals surface area contributed by atoms with E-state index in [2.05, 4.69) is 0 Å². The molecule has 1 N–H and O–H groups in total. The molecule has 1 aliphatic heterocycles. The Morgan fingerprint density at radius 3 is 2.84 bits per heavy atom. The Labute approximate surface area is 113 Å². The lowest BCUT2D eigenvalue weighted by molar-refractivity contribution is -0.148. The van der Waals surface area contributed by atoms with E-state index in [-0.39, 0.29) is 5.82 Å². The second-order valence-corrected chi connectivity index (χ2v) is 5.39. The molecule has 0 amide bonds. The number of halogens is 1. The summed E-state index contributed by atoms with van der Waals surface area (Å²) in [6.07, 6.45) is 2.21. The minimum Gasteiger partial charge on any atom is -0.481 e. The molecule has 0 bridgehead atoms. The lowest BCUT2D eigenvalue weighted by Crippen LogP contribution is -2.34. The molecule has 1 aromatic rings. The van der Waals surface area contributed by atoms with Crippen LogP contribution >= 0.6 is 0 Å². The van der Waals surface area contributed by atoms with Gasteiger partial charge in [-0.2, -0.15) is 0 Å². The molecular formula is C15H20FNO2. The van der Waals surface area contributed by atoms with Gasteiger partial charge in [0, 0.05) is 18.7 Å². The summed E-state index contributed by atoms with van der Waals surface area (Å²) in [6.45, 7) is 3.74. The molecule has 4 heteroatoms. The molecule has 1 unspecified atom stereocenters. The largest absolute Gasteiger partial charge is 0.481 e. The van der Waals surface area contributed by atoms with Gasteiger partial charge >= 0.3 is 5.97 Å². The van der Waals surface area contributed by atoms with Crippen molar-refractivity contribution in [1.29, 1.82) is 0 Å². The van der Waals surface area contributed by atoms with E-state index in [1.807, 2.05) is 17.9 Å². The van der Waals surface area contributed by atoms with Gasteiger partial charge in [-0.15, -0.1) is 0 Å². The van der Waals surface area contributed by atoms with Gasteiger partial charge in [-0.3, -0.25) is 9.69 Å². The highest BCUT2D eigenvalue weighted by Crippen LogP contribution is 2.36. The minimum atomic E-state index is -0.717. The van der Waals surface area contributed by atoms with Crippen molar-refractivity contribution in [3.63, 3.8) is 0 Å². The van der Waals surface area contributed by atoms with Crippen molar-refractivity contribution in [3.05, 3.63) is 35.6 Å².